The van der Waals surface area contributed by atoms with Gasteiger partial charge in [-0.25, -0.2) is 0 Å². The lowest BCUT2D eigenvalue weighted by Crippen LogP contribution is -1.93. The minimum atomic E-state index is 1.21. The molecule has 0 heterocycles. The zero-order valence-corrected chi connectivity index (χ0v) is 72.8. The van der Waals surface area contributed by atoms with Crippen LogP contribution in [-0.4, -0.2) is 0 Å². The van der Waals surface area contributed by atoms with Gasteiger partial charge in [0.25, 0.3) is 0 Å². The van der Waals surface area contributed by atoms with Gasteiger partial charge in [-0.1, -0.05) is 491 Å². The van der Waals surface area contributed by atoms with Crippen LogP contribution < -0.4 is 0 Å². The normalized spacial score (nSPS) is 11.3. The lowest BCUT2D eigenvalue weighted by molar-refractivity contribution is 1.58. The van der Waals surface area contributed by atoms with E-state index in [0.29, 0.717) is 0 Å². The van der Waals surface area contributed by atoms with E-state index < -0.39 is 0 Å². The van der Waals surface area contributed by atoms with Gasteiger partial charge < -0.3 is 0 Å². The van der Waals surface area contributed by atoms with Crippen molar-refractivity contribution in [2.75, 3.05) is 0 Å². The third-order valence-corrected chi connectivity index (χ3v) is 26.5. The lowest BCUT2D eigenvalue weighted by atomic mass is 9.83. The average Bonchev–Trinajstić information content (AvgIpc) is 0.732. The van der Waals surface area contributed by atoms with E-state index in [4.69, 9.17) is 0 Å². The molecule has 0 bridgehead atoms. The van der Waals surface area contributed by atoms with E-state index in [1.807, 2.05) is 0 Å². The maximum atomic E-state index is 2.37. The van der Waals surface area contributed by atoms with Gasteiger partial charge in [0.1, 0.15) is 0 Å². The number of hydrogen-bond donors (Lipinski definition) is 0. The Morgan fingerprint density at radius 2 is 0.265 bits per heavy atom. The van der Waals surface area contributed by atoms with Gasteiger partial charge in [-0.3, -0.25) is 0 Å². The summed E-state index contributed by atoms with van der Waals surface area (Å²) in [4.78, 5) is 0. The van der Waals surface area contributed by atoms with E-state index in [-0.39, 0.29) is 0 Å². The fourth-order valence-electron chi connectivity index (χ4n) is 20.5. The van der Waals surface area contributed by atoms with E-state index in [0.717, 1.165) is 0 Å². The molecule has 0 saturated heterocycles. The highest BCUT2D eigenvalue weighted by Gasteiger charge is 2.25. The number of fused-ring (bicyclic) bond motifs is 9. The van der Waals surface area contributed by atoms with E-state index in [2.05, 4.69) is 534 Å². The summed E-state index contributed by atoms with van der Waals surface area (Å²) in [6.07, 6.45) is 0. The van der Waals surface area contributed by atoms with Crippen molar-refractivity contribution in [3.8, 4) is 145 Å². The van der Waals surface area contributed by atoms with Gasteiger partial charge in [0.2, 0.25) is 0 Å². The van der Waals surface area contributed by atoms with Crippen molar-refractivity contribution in [1.29, 1.82) is 0 Å². The Balaban J connectivity index is 0.000000113. The SMILES string of the molecule is c1ccc(-c2cc(-c3ccccc3)cc(-c3c4ccccc4c(-c4cccc5ccc(-c6ccccc6)cc45)c4ccccc34)c2)cc1.c1ccc(-c2ccc3cccc(-c4c5ccccc5c(-c5ccccc5-c5ccccc5)c5ccccc45)c3c2)cc1.c1ccc(-c2cccc(-c3c4ccccc4c(-c4cccc5ccc(-c6ccccc6)cc45)c4ccccc34)c2)cc1. The first-order valence-electron chi connectivity index (χ1n) is 45.7. The Morgan fingerprint density at radius 3 is 0.568 bits per heavy atom. The monoisotopic (exact) mass is 1670 g/mol. The van der Waals surface area contributed by atoms with E-state index in [1.54, 1.807) is 0 Å². The van der Waals surface area contributed by atoms with Gasteiger partial charge in [0.15, 0.2) is 0 Å². The van der Waals surface area contributed by atoms with Crippen LogP contribution in [0.4, 0.5) is 0 Å². The van der Waals surface area contributed by atoms with Crippen LogP contribution in [0.25, 0.3) is 242 Å². The zero-order chi connectivity index (χ0) is 87.6. The Labute approximate surface area is 769 Å². The highest BCUT2D eigenvalue weighted by atomic mass is 14.3. The molecule has 0 aliphatic carbocycles. The van der Waals surface area contributed by atoms with Crippen LogP contribution in [0, 0.1) is 0 Å². The highest BCUT2D eigenvalue weighted by Crippen LogP contribution is 2.52. The molecule has 0 aliphatic heterocycles. The van der Waals surface area contributed by atoms with Crippen molar-refractivity contribution in [2.45, 2.75) is 0 Å². The lowest BCUT2D eigenvalue weighted by Gasteiger charge is -2.20. The molecule has 0 unspecified atom stereocenters. The summed E-state index contributed by atoms with van der Waals surface area (Å²) in [5.41, 5.74) is 32.4. The van der Waals surface area contributed by atoms with Crippen LogP contribution >= 0.6 is 0 Å². The first-order valence-corrected chi connectivity index (χ1v) is 45.7. The predicted molar refractivity (Wildman–Crippen MR) is 568 cm³/mol. The largest absolute Gasteiger partial charge is 0.0622 e. The summed E-state index contributed by atoms with van der Waals surface area (Å²) in [6.45, 7) is 0. The van der Waals surface area contributed by atoms with Crippen LogP contribution in [0.1, 0.15) is 0 Å². The molecule has 25 rings (SSSR count). The van der Waals surface area contributed by atoms with Crippen molar-refractivity contribution in [3.63, 3.8) is 0 Å². The third kappa shape index (κ3) is 15.0. The molecule has 0 aliphatic rings. The highest BCUT2D eigenvalue weighted by molar-refractivity contribution is 6.28. The maximum absolute atomic E-state index is 2.37. The molecule has 0 amide bonds. The Kier molecular flexibility index (Phi) is 21.2. The zero-order valence-electron chi connectivity index (χ0n) is 72.8. The summed E-state index contributed by atoms with van der Waals surface area (Å²) in [5.74, 6) is 0. The van der Waals surface area contributed by atoms with E-state index in [9.17, 15) is 0 Å². The number of benzene rings is 25. The molecule has 25 aromatic carbocycles. The van der Waals surface area contributed by atoms with Crippen LogP contribution in [0.5, 0.6) is 0 Å². The fourth-order valence-corrected chi connectivity index (χ4v) is 20.5. The molecule has 0 radical (unpaired) electrons. The van der Waals surface area contributed by atoms with Gasteiger partial charge in [-0.15, -0.1) is 0 Å². The number of rotatable bonds is 13. The molecule has 0 spiro atoms. The van der Waals surface area contributed by atoms with Crippen molar-refractivity contribution in [3.05, 3.63) is 534 Å². The van der Waals surface area contributed by atoms with Crippen molar-refractivity contribution in [1.82, 2.24) is 0 Å². The Hall–Kier alpha value is -17.2. The summed E-state index contributed by atoms with van der Waals surface area (Å²) >= 11 is 0. The molecule has 0 fully saturated rings. The molecular weight excluding hydrogens is 1590 g/mol. The first-order chi connectivity index (χ1) is 65.5. The quantitative estimate of drug-likeness (QED) is 0.101. The molecular formula is C132H88. The van der Waals surface area contributed by atoms with Gasteiger partial charge in [0, 0.05) is 0 Å². The standard InChI is InChI=1S/C48H32.2C42H28/c1-4-15-33(16-5-1)37-28-27-36-21-14-26-45(46(36)32-37)48-43-24-12-10-22-41(43)47(42-23-11-13-25-44(42)48)40-30-38(34-17-6-2-7-18-34)29-39(31-40)35-19-8-3-9-20-35;1-3-13-29(14-4-1)32-18-11-19-34(27-32)41-35-20-7-9-22-37(35)42(38-23-10-8-21-36(38)41)39-24-12-17-31-25-26-33(28-40(31)39)30-15-5-2-6-16-30;1-3-14-29(15-4-1)32-27-26-31-18-13-25-39(40(31)28-32)42-37-23-11-9-21-35(37)41(36-22-10-12-24-38(36)42)34-20-8-7-19-33(34)30-16-5-2-6-17-30/h1-32H;2*1-28H. The van der Waals surface area contributed by atoms with Gasteiger partial charge in [0.05, 0.1) is 0 Å². The van der Waals surface area contributed by atoms with Crippen molar-refractivity contribution < 1.29 is 0 Å². The minimum Gasteiger partial charge on any atom is -0.0622 e. The second-order valence-corrected chi connectivity index (χ2v) is 34.2. The molecule has 0 atom stereocenters. The predicted octanol–water partition coefficient (Wildman–Crippen LogP) is 37.1. The van der Waals surface area contributed by atoms with Gasteiger partial charge in [-0.05, 0) is 284 Å². The summed E-state index contributed by atoms with van der Waals surface area (Å²) in [7, 11) is 0. The van der Waals surface area contributed by atoms with Crippen LogP contribution in [0.3, 0.4) is 0 Å². The molecule has 0 nitrogen and oxygen atoms in total. The van der Waals surface area contributed by atoms with Crippen LogP contribution in [-0.2, 0) is 0 Å². The molecule has 132 heavy (non-hydrogen) atoms. The fraction of sp³-hybridized carbons (Fsp3) is 0. The van der Waals surface area contributed by atoms with Crippen molar-refractivity contribution in [2.24, 2.45) is 0 Å². The molecule has 616 valence electrons. The Bertz CT molecular complexity index is 8410. The Morgan fingerprint density at radius 1 is 0.0758 bits per heavy atom. The van der Waals surface area contributed by atoms with E-state index >= 15 is 0 Å². The maximum Gasteiger partial charge on any atom is -0.00201 e. The third-order valence-electron chi connectivity index (χ3n) is 26.5. The summed E-state index contributed by atoms with van der Waals surface area (Å²) in [5, 5.41) is 22.7. The number of hydrogen-bond acceptors (Lipinski definition) is 0. The van der Waals surface area contributed by atoms with E-state index in [1.165, 1.54) is 242 Å². The van der Waals surface area contributed by atoms with Gasteiger partial charge >= 0.3 is 0 Å². The van der Waals surface area contributed by atoms with Crippen LogP contribution in [0.2, 0.25) is 0 Å². The molecule has 0 heteroatoms. The summed E-state index contributed by atoms with van der Waals surface area (Å²) in [6, 6.07) is 194. The second-order valence-electron chi connectivity index (χ2n) is 34.2. The minimum absolute atomic E-state index is 1.21. The molecule has 25 aromatic rings. The average molecular weight is 1670 g/mol. The molecule has 0 saturated carbocycles. The molecule has 0 aromatic heterocycles. The van der Waals surface area contributed by atoms with Crippen LogP contribution in [0.15, 0.2) is 534 Å². The molecule has 0 N–H and O–H groups in total. The van der Waals surface area contributed by atoms with Gasteiger partial charge in [-0.2, -0.15) is 0 Å². The topological polar surface area (TPSA) is 0 Å². The second kappa shape index (κ2) is 35.2. The first kappa shape index (κ1) is 79.5. The van der Waals surface area contributed by atoms with Crippen molar-refractivity contribution >= 4 is 97.0 Å². The summed E-state index contributed by atoms with van der Waals surface area (Å²) < 4.78 is 0. The smallest absolute Gasteiger partial charge is 0.00201 e.